The van der Waals surface area contributed by atoms with Crippen LogP contribution in [0.5, 0.6) is 0 Å². The van der Waals surface area contributed by atoms with Crippen molar-refractivity contribution in [3.63, 3.8) is 0 Å². The fraction of sp³-hybridized carbons (Fsp3) is 0.556. The normalized spacial score (nSPS) is 21.2. The van der Waals surface area contributed by atoms with Crippen LogP contribution in [0.25, 0.3) is 0 Å². The van der Waals surface area contributed by atoms with Crippen molar-refractivity contribution in [3.05, 3.63) is 29.8 Å². The quantitative estimate of drug-likeness (QED) is 0.543. The summed E-state index contributed by atoms with van der Waals surface area (Å²) in [4.78, 5) is 17.9. The van der Waals surface area contributed by atoms with Crippen molar-refractivity contribution < 1.29 is 4.79 Å². The number of nitrogens with one attached hydrogen (secondary N) is 3. The Kier molecular flexibility index (Phi) is 6.44. The first-order valence-corrected chi connectivity index (χ1v) is 9.96. The summed E-state index contributed by atoms with van der Waals surface area (Å²) >= 11 is 2.05. The number of hydrogen-bond acceptors (Lipinski definition) is 4. The van der Waals surface area contributed by atoms with Crippen LogP contribution in [0, 0.1) is 0 Å². The molecule has 136 valence electrons. The van der Waals surface area contributed by atoms with Crippen molar-refractivity contribution in [1.29, 1.82) is 0 Å². The molecular formula is C18H27N5OS. The SMILES string of the molecule is CN=C(NCc1ccc(N2CCNC(=O)C2)cc1)NCC1CCCS1. The zero-order valence-electron chi connectivity index (χ0n) is 14.8. The number of guanidine groups is 1. The maximum absolute atomic E-state index is 11.5. The molecule has 2 aliphatic heterocycles. The van der Waals surface area contributed by atoms with E-state index in [2.05, 4.69) is 50.1 Å². The second-order valence-electron chi connectivity index (χ2n) is 6.38. The topological polar surface area (TPSA) is 68.8 Å². The van der Waals surface area contributed by atoms with E-state index in [4.69, 9.17) is 0 Å². The standard InChI is InChI=1S/C18H27N5OS/c1-19-18(22-12-16-3-2-10-25-16)21-11-14-4-6-15(7-5-14)23-9-8-20-17(24)13-23/h4-7,16H,2-3,8-13H2,1H3,(H,20,24)(H2,19,21,22). The molecule has 1 amide bonds. The molecule has 3 N–H and O–H groups in total. The van der Waals surface area contributed by atoms with E-state index in [0.29, 0.717) is 18.3 Å². The largest absolute Gasteiger partial charge is 0.360 e. The van der Waals surface area contributed by atoms with Crippen molar-refractivity contribution in [2.45, 2.75) is 24.6 Å². The van der Waals surface area contributed by atoms with Gasteiger partial charge in [-0.25, -0.2) is 0 Å². The molecule has 0 aromatic heterocycles. The number of rotatable bonds is 5. The highest BCUT2D eigenvalue weighted by atomic mass is 32.2. The Morgan fingerprint density at radius 3 is 2.88 bits per heavy atom. The van der Waals surface area contributed by atoms with Crippen LogP contribution in [-0.4, -0.2) is 56.1 Å². The van der Waals surface area contributed by atoms with Crippen LogP contribution < -0.4 is 20.9 Å². The molecule has 6 nitrogen and oxygen atoms in total. The molecule has 0 aliphatic carbocycles. The number of nitrogens with zero attached hydrogens (tertiary/aromatic N) is 2. The van der Waals surface area contributed by atoms with Gasteiger partial charge in [-0.15, -0.1) is 0 Å². The summed E-state index contributed by atoms with van der Waals surface area (Å²) in [5.74, 6) is 2.22. The molecule has 0 spiro atoms. The molecule has 3 rings (SSSR count). The minimum Gasteiger partial charge on any atom is -0.360 e. The van der Waals surface area contributed by atoms with Gasteiger partial charge in [-0.3, -0.25) is 9.79 Å². The molecule has 2 saturated heterocycles. The monoisotopic (exact) mass is 361 g/mol. The van der Waals surface area contributed by atoms with E-state index in [1.165, 1.54) is 24.2 Å². The molecule has 1 aromatic rings. The number of aliphatic imine (C=N–C) groups is 1. The van der Waals surface area contributed by atoms with E-state index in [1.54, 1.807) is 0 Å². The Hall–Kier alpha value is -1.89. The van der Waals surface area contributed by atoms with Gasteiger partial charge in [-0.1, -0.05) is 12.1 Å². The van der Waals surface area contributed by atoms with Crippen molar-refractivity contribution >= 4 is 29.3 Å². The average molecular weight is 362 g/mol. The predicted molar refractivity (Wildman–Crippen MR) is 105 cm³/mol. The second-order valence-corrected chi connectivity index (χ2v) is 7.79. The Morgan fingerprint density at radius 2 is 2.20 bits per heavy atom. The zero-order valence-corrected chi connectivity index (χ0v) is 15.6. The number of carbonyl (C=O) groups excluding carboxylic acids is 1. The first kappa shape index (κ1) is 17.9. The van der Waals surface area contributed by atoms with Crippen molar-refractivity contribution in [2.75, 3.05) is 43.9 Å². The van der Waals surface area contributed by atoms with Gasteiger partial charge in [0, 0.05) is 44.2 Å². The van der Waals surface area contributed by atoms with Crippen LogP contribution in [0.1, 0.15) is 18.4 Å². The lowest BCUT2D eigenvalue weighted by molar-refractivity contribution is -0.120. The summed E-state index contributed by atoms with van der Waals surface area (Å²) in [5.41, 5.74) is 2.29. The van der Waals surface area contributed by atoms with Crippen LogP contribution >= 0.6 is 11.8 Å². The summed E-state index contributed by atoms with van der Waals surface area (Å²) in [6.45, 7) is 3.72. The van der Waals surface area contributed by atoms with E-state index in [9.17, 15) is 4.79 Å². The van der Waals surface area contributed by atoms with Crippen molar-refractivity contribution in [2.24, 2.45) is 4.99 Å². The van der Waals surface area contributed by atoms with Gasteiger partial charge in [-0.2, -0.15) is 11.8 Å². The fourth-order valence-corrected chi connectivity index (χ4v) is 4.31. The third-order valence-corrected chi connectivity index (χ3v) is 5.94. The summed E-state index contributed by atoms with van der Waals surface area (Å²) in [7, 11) is 1.81. The van der Waals surface area contributed by atoms with Crippen molar-refractivity contribution in [3.8, 4) is 0 Å². The van der Waals surface area contributed by atoms with E-state index >= 15 is 0 Å². The number of carbonyl (C=O) groups is 1. The lowest BCUT2D eigenvalue weighted by Crippen LogP contribution is -2.47. The summed E-state index contributed by atoms with van der Waals surface area (Å²) in [5, 5.41) is 10.3. The minimum absolute atomic E-state index is 0.0901. The van der Waals surface area contributed by atoms with E-state index in [1.807, 2.05) is 18.8 Å². The molecule has 1 unspecified atom stereocenters. The number of amides is 1. The molecule has 25 heavy (non-hydrogen) atoms. The number of thioether (sulfide) groups is 1. The first-order chi connectivity index (χ1) is 12.2. The molecule has 0 saturated carbocycles. The maximum atomic E-state index is 11.5. The number of benzene rings is 1. The summed E-state index contributed by atoms with van der Waals surface area (Å²) in [6.07, 6.45) is 2.62. The zero-order chi connectivity index (χ0) is 17.5. The van der Waals surface area contributed by atoms with Gasteiger partial charge in [0.2, 0.25) is 5.91 Å². The molecule has 0 bridgehead atoms. The molecule has 1 atom stereocenters. The Balaban J connectivity index is 1.46. The first-order valence-electron chi connectivity index (χ1n) is 8.91. The Labute approximate surface area is 153 Å². The van der Waals surface area contributed by atoms with Crippen LogP contribution in [0.15, 0.2) is 29.3 Å². The molecule has 7 heteroatoms. The highest BCUT2D eigenvalue weighted by Crippen LogP contribution is 2.25. The third-order valence-electron chi connectivity index (χ3n) is 4.54. The number of anilines is 1. The highest BCUT2D eigenvalue weighted by Gasteiger charge is 2.17. The van der Waals surface area contributed by atoms with Gasteiger partial charge in [0.05, 0.1) is 6.54 Å². The molecule has 1 aromatic carbocycles. The molecular weight excluding hydrogens is 334 g/mol. The van der Waals surface area contributed by atoms with Gasteiger partial charge in [0.1, 0.15) is 0 Å². The maximum Gasteiger partial charge on any atom is 0.239 e. The van der Waals surface area contributed by atoms with E-state index in [0.717, 1.165) is 31.3 Å². The van der Waals surface area contributed by atoms with Crippen LogP contribution in [0.4, 0.5) is 5.69 Å². The highest BCUT2D eigenvalue weighted by molar-refractivity contribution is 8.00. The van der Waals surface area contributed by atoms with Gasteiger partial charge in [0.15, 0.2) is 5.96 Å². The molecule has 2 heterocycles. The van der Waals surface area contributed by atoms with E-state index in [-0.39, 0.29) is 5.91 Å². The number of hydrogen-bond donors (Lipinski definition) is 3. The molecule has 0 radical (unpaired) electrons. The van der Waals surface area contributed by atoms with Crippen LogP contribution in [-0.2, 0) is 11.3 Å². The fourth-order valence-electron chi connectivity index (χ4n) is 3.11. The van der Waals surface area contributed by atoms with Gasteiger partial charge >= 0.3 is 0 Å². The molecule has 2 aliphatic rings. The van der Waals surface area contributed by atoms with E-state index < -0.39 is 0 Å². The van der Waals surface area contributed by atoms with Gasteiger partial charge in [-0.05, 0) is 36.3 Å². The lowest BCUT2D eigenvalue weighted by atomic mass is 10.2. The summed E-state index contributed by atoms with van der Waals surface area (Å²) < 4.78 is 0. The Bertz CT molecular complexity index is 598. The van der Waals surface area contributed by atoms with Crippen molar-refractivity contribution in [1.82, 2.24) is 16.0 Å². The Morgan fingerprint density at radius 1 is 1.36 bits per heavy atom. The average Bonchev–Trinajstić information content (AvgIpc) is 3.16. The van der Waals surface area contributed by atoms with Gasteiger partial charge < -0.3 is 20.9 Å². The second kappa shape index (κ2) is 8.99. The third kappa shape index (κ3) is 5.29. The molecule has 2 fully saturated rings. The smallest absolute Gasteiger partial charge is 0.239 e. The summed E-state index contributed by atoms with van der Waals surface area (Å²) in [6, 6.07) is 8.38. The lowest BCUT2D eigenvalue weighted by Gasteiger charge is -2.28. The minimum atomic E-state index is 0.0901. The van der Waals surface area contributed by atoms with Crippen LogP contribution in [0.3, 0.4) is 0 Å². The predicted octanol–water partition coefficient (Wildman–Crippen LogP) is 1.18. The number of piperazine rings is 1. The van der Waals surface area contributed by atoms with Gasteiger partial charge in [0.25, 0.3) is 0 Å². The van der Waals surface area contributed by atoms with Crippen LogP contribution in [0.2, 0.25) is 0 Å².